The van der Waals surface area contributed by atoms with Crippen molar-refractivity contribution in [2.24, 2.45) is 0 Å². The lowest BCUT2D eigenvalue weighted by molar-refractivity contribution is 0.0687. The molecule has 0 radical (unpaired) electrons. The van der Waals surface area contributed by atoms with Crippen LogP contribution in [0.2, 0.25) is 10.0 Å². The number of hydrogen-bond donors (Lipinski definition) is 1. The number of halogens is 2. The molecule has 1 aromatic carbocycles. The Morgan fingerprint density at radius 3 is 2.61 bits per heavy atom. The number of aromatic carboxylic acids is 1. The molecule has 0 spiro atoms. The SMILES string of the molecule is O=C(O)c1nn(-c2ccc(Cl)cc2Cl)ccc1=O. The van der Waals surface area contributed by atoms with Crippen LogP contribution in [0.4, 0.5) is 0 Å². The quantitative estimate of drug-likeness (QED) is 0.918. The van der Waals surface area contributed by atoms with Gasteiger partial charge in [-0.25, -0.2) is 9.48 Å². The van der Waals surface area contributed by atoms with Crippen LogP contribution in [0.1, 0.15) is 10.5 Å². The number of hydrogen-bond acceptors (Lipinski definition) is 3. The number of aromatic nitrogens is 2. The van der Waals surface area contributed by atoms with Gasteiger partial charge in [-0.1, -0.05) is 23.2 Å². The van der Waals surface area contributed by atoms with E-state index < -0.39 is 17.1 Å². The highest BCUT2D eigenvalue weighted by molar-refractivity contribution is 6.35. The highest BCUT2D eigenvalue weighted by Crippen LogP contribution is 2.23. The van der Waals surface area contributed by atoms with E-state index in [4.69, 9.17) is 28.3 Å². The van der Waals surface area contributed by atoms with Crippen molar-refractivity contribution in [3.63, 3.8) is 0 Å². The average molecular weight is 285 g/mol. The second-order valence-corrected chi connectivity index (χ2v) is 4.22. The number of carboxylic acid groups (broad SMARTS) is 1. The van der Waals surface area contributed by atoms with Crippen LogP contribution in [0.3, 0.4) is 0 Å². The molecule has 18 heavy (non-hydrogen) atoms. The minimum absolute atomic E-state index is 0.301. The van der Waals surface area contributed by atoms with Crippen molar-refractivity contribution in [1.82, 2.24) is 9.78 Å². The van der Waals surface area contributed by atoms with Gasteiger partial charge in [0.2, 0.25) is 11.1 Å². The Hall–Kier alpha value is -1.85. The molecule has 5 nitrogen and oxygen atoms in total. The number of nitrogens with zero attached hydrogens (tertiary/aromatic N) is 2. The van der Waals surface area contributed by atoms with Crippen LogP contribution in [0.5, 0.6) is 0 Å². The topological polar surface area (TPSA) is 72.2 Å². The fourth-order valence-corrected chi connectivity index (χ4v) is 1.85. The van der Waals surface area contributed by atoms with Crippen molar-refractivity contribution in [2.75, 3.05) is 0 Å². The molecule has 0 aliphatic heterocycles. The standard InChI is InChI=1S/C11H6Cl2N2O3/c12-6-1-2-8(7(13)5-6)15-4-3-9(16)10(14-15)11(17)18/h1-5H,(H,17,18). The fraction of sp³-hybridized carbons (Fsp3) is 0. The van der Waals surface area contributed by atoms with Gasteiger partial charge in [-0.2, -0.15) is 5.10 Å². The van der Waals surface area contributed by atoms with Gasteiger partial charge in [-0.05, 0) is 18.2 Å². The lowest BCUT2D eigenvalue weighted by Gasteiger charge is -2.07. The summed E-state index contributed by atoms with van der Waals surface area (Å²) in [7, 11) is 0. The summed E-state index contributed by atoms with van der Waals surface area (Å²) >= 11 is 11.7. The smallest absolute Gasteiger partial charge is 0.360 e. The molecule has 0 unspecified atom stereocenters. The Labute approximate surface area is 111 Å². The third kappa shape index (κ3) is 2.37. The first kappa shape index (κ1) is 12.6. The minimum atomic E-state index is -1.39. The van der Waals surface area contributed by atoms with Gasteiger partial charge in [0.25, 0.3) is 0 Å². The van der Waals surface area contributed by atoms with Gasteiger partial charge in [0.1, 0.15) is 0 Å². The summed E-state index contributed by atoms with van der Waals surface area (Å²) in [6.07, 6.45) is 1.34. The van der Waals surface area contributed by atoms with Crippen molar-refractivity contribution in [2.45, 2.75) is 0 Å². The third-order valence-corrected chi connectivity index (χ3v) is 2.71. The predicted octanol–water partition coefficient (Wildman–Crippen LogP) is 2.24. The lowest BCUT2D eigenvalue weighted by Crippen LogP contribution is -2.20. The highest BCUT2D eigenvalue weighted by Gasteiger charge is 2.12. The van der Waals surface area contributed by atoms with Gasteiger partial charge in [0.15, 0.2) is 0 Å². The number of carbonyl (C=O) groups is 1. The van der Waals surface area contributed by atoms with Gasteiger partial charge in [0, 0.05) is 17.3 Å². The first-order chi connectivity index (χ1) is 8.49. The molecule has 0 saturated heterocycles. The largest absolute Gasteiger partial charge is 0.476 e. The van der Waals surface area contributed by atoms with E-state index in [9.17, 15) is 9.59 Å². The van der Waals surface area contributed by atoms with E-state index in [1.165, 1.54) is 16.9 Å². The van der Waals surface area contributed by atoms with Crippen LogP contribution < -0.4 is 5.43 Å². The van der Waals surface area contributed by atoms with E-state index in [1.54, 1.807) is 12.1 Å². The van der Waals surface area contributed by atoms with Gasteiger partial charge >= 0.3 is 5.97 Å². The van der Waals surface area contributed by atoms with Crippen molar-refractivity contribution < 1.29 is 9.90 Å². The van der Waals surface area contributed by atoms with Crippen LogP contribution in [0.25, 0.3) is 5.69 Å². The summed E-state index contributed by atoms with van der Waals surface area (Å²) in [4.78, 5) is 22.1. The average Bonchev–Trinajstić information content (AvgIpc) is 2.30. The summed E-state index contributed by atoms with van der Waals surface area (Å²) in [5.41, 5.74) is -0.795. The van der Waals surface area contributed by atoms with Gasteiger partial charge in [0.05, 0.1) is 10.7 Å². The zero-order valence-electron chi connectivity index (χ0n) is 8.80. The zero-order chi connectivity index (χ0) is 13.3. The van der Waals surface area contributed by atoms with Crippen molar-refractivity contribution in [3.05, 3.63) is 56.4 Å². The maximum atomic E-state index is 11.3. The van der Waals surface area contributed by atoms with Crippen molar-refractivity contribution in [1.29, 1.82) is 0 Å². The minimum Gasteiger partial charge on any atom is -0.476 e. The maximum Gasteiger partial charge on any atom is 0.360 e. The molecular weight excluding hydrogens is 279 g/mol. The van der Waals surface area contributed by atoms with Gasteiger partial charge in [-0.3, -0.25) is 4.79 Å². The number of rotatable bonds is 2. The summed E-state index contributed by atoms with van der Waals surface area (Å²) in [6.45, 7) is 0. The van der Waals surface area contributed by atoms with Crippen molar-refractivity contribution >= 4 is 29.2 Å². The second-order valence-electron chi connectivity index (χ2n) is 3.37. The Kier molecular flexibility index (Phi) is 3.36. The molecule has 7 heteroatoms. The van der Waals surface area contributed by atoms with Crippen LogP contribution >= 0.6 is 23.2 Å². The second kappa shape index (κ2) is 4.80. The molecule has 1 N–H and O–H groups in total. The molecule has 2 rings (SSSR count). The normalized spacial score (nSPS) is 10.3. The predicted molar refractivity (Wildman–Crippen MR) is 66.8 cm³/mol. The molecule has 0 amide bonds. The number of carboxylic acids is 1. The highest BCUT2D eigenvalue weighted by atomic mass is 35.5. The molecule has 0 aliphatic carbocycles. The fourth-order valence-electron chi connectivity index (χ4n) is 1.36. The Morgan fingerprint density at radius 1 is 1.28 bits per heavy atom. The molecule has 0 fully saturated rings. The first-order valence-corrected chi connectivity index (χ1v) is 5.53. The van der Waals surface area contributed by atoms with Crippen LogP contribution in [0, 0.1) is 0 Å². The molecule has 0 atom stereocenters. The molecule has 0 aliphatic rings. The summed E-state index contributed by atoms with van der Waals surface area (Å²) in [5.74, 6) is -1.39. The summed E-state index contributed by atoms with van der Waals surface area (Å²) in [5, 5.41) is 13.3. The van der Waals surface area contributed by atoms with E-state index >= 15 is 0 Å². The molecule has 1 aromatic heterocycles. The van der Waals surface area contributed by atoms with Crippen LogP contribution in [0.15, 0.2) is 35.3 Å². The zero-order valence-corrected chi connectivity index (χ0v) is 10.3. The van der Waals surface area contributed by atoms with Gasteiger partial charge < -0.3 is 5.11 Å². The van der Waals surface area contributed by atoms with Crippen LogP contribution in [-0.4, -0.2) is 20.9 Å². The lowest BCUT2D eigenvalue weighted by atomic mass is 10.3. The Morgan fingerprint density at radius 2 is 2.00 bits per heavy atom. The van der Waals surface area contributed by atoms with Crippen LogP contribution in [-0.2, 0) is 0 Å². The molecule has 0 bridgehead atoms. The third-order valence-electron chi connectivity index (χ3n) is 2.17. The molecule has 0 saturated carbocycles. The van der Waals surface area contributed by atoms with E-state index in [1.807, 2.05) is 0 Å². The van der Waals surface area contributed by atoms with E-state index in [2.05, 4.69) is 5.10 Å². The van der Waals surface area contributed by atoms with Crippen molar-refractivity contribution in [3.8, 4) is 5.69 Å². The molecule has 2 aromatic rings. The Balaban J connectivity index is 2.61. The van der Waals surface area contributed by atoms with E-state index in [0.29, 0.717) is 15.7 Å². The summed E-state index contributed by atoms with van der Waals surface area (Å²) < 4.78 is 1.21. The number of benzene rings is 1. The van der Waals surface area contributed by atoms with E-state index in [-0.39, 0.29) is 0 Å². The molecule has 1 heterocycles. The first-order valence-electron chi connectivity index (χ1n) is 4.78. The maximum absolute atomic E-state index is 11.3. The monoisotopic (exact) mass is 284 g/mol. The van der Waals surface area contributed by atoms with E-state index in [0.717, 1.165) is 6.07 Å². The Bertz CT molecular complexity index is 682. The molecular formula is C11H6Cl2N2O3. The molecule has 92 valence electrons. The summed E-state index contributed by atoms with van der Waals surface area (Å²) in [6, 6.07) is 5.77. The van der Waals surface area contributed by atoms with Gasteiger partial charge in [-0.15, -0.1) is 0 Å².